The van der Waals surface area contributed by atoms with E-state index in [1.807, 2.05) is 41.8 Å². The van der Waals surface area contributed by atoms with Gasteiger partial charge in [-0.3, -0.25) is 9.69 Å². The number of aromatic amines is 1. The van der Waals surface area contributed by atoms with Crippen LogP contribution in [0.15, 0.2) is 58.7 Å². The number of nitrogens with one attached hydrogen (secondary N) is 1. The molecule has 7 heteroatoms. The first-order valence-corrected chi connectivity index (χ1v) is 11.8. The fraction of sp³-hybridized carbons (Fsp3) is 0.280. The van der Waals surface area contributed by atoms with Crippen LogP contribution in [0.3, 0.4) is 0 Å². The molecule has 0 aliphatic carbocycles. The first-order valence-electron chi connectivity index (χ1n) is 11.0. The van der Waals surface area contributed by atoms with Crippen LogP contribution in [0.2, 0.25) is 0 Å². The lowest BCUT2D eigenvalue weighted by atomic mass is 10.0. The van der Waals surface area contributed by atoms with Gasteiger partial charge >= 0.3 is 0 Å². The molecule has 0 spiro atoms. The van der Waals surface area contributed by atoms with Crippen LogP contribution in [-0.4, -0.2) is 34.6 Å². The summed E-state index contributed by atoms with van der Waals surface area (Å²) in [7, 11) is 0. The zero-order valence-electron chi connectivity index (χ0n) is 17.5. The maximum Gasteiger partial charge on any atom is 0.260 e. The van der Waals surface area contributed by atoms with Gasteiger partial charge in [-0.05, 0) is 42.6 Å². The highest BCUT2D eigenvalue weighted by Crippen LogP contribution is 2.38. The summed E-state index contributed by atoms with van der Waals surface area (Å²) in [6.07, 6.45) is 2.19. The van der Waals surface area contributed by atoms with Gasteiger partial charge in [-0.15, -0.1) is 11.3 Å². The summed E-state index contributed by atoms with van der Waals surface area (Å²) < 4.78 is 11.4. The number of nitrogens with zero attached hydrogens (tertiary/aromatic N) is 2. The molecule has 2 aromatic heterocycles. The van der Waals surface area contributed by atoms with Crippen molar-refractivity contribution in [1.82, 2.24) is 14.9 Å². The Morgan fingerprint density at radius 1 is 1.09 bits per heavy atom. The predicted octanol–water partition coefficient (Wildman–Crippen LogP) is 4.76. The van der Waals surface area contributed by atoms with Crippen molar-refractivity contribution in [2.45, 2.75) is 25.4 Å². The molecule has 162 valence electrons. The number of H-pyrrole nitrogens is 1. The fourth-order valence-electron chi connectivity index (χ4n) is 4.75. The Bertz CT molecular complexity index is 1330. The van der Waals surface area contributed by atoms with E-state index in [1.54, 1.807) is 0 Å². The number of hydrogen-bond donors (Lipinski definition) is 1. The first kappa shape index (κ1) is 19.5. The molecular formula is C25H23N3O3S. The van der Waals surface area contributed by atoms with Gasteiger partial charge in [0.05, 0.1) is 11.9 Å². The summed E-state index contributed by atoms with van der Waals surface area (Å²) in [5.74, 6) is 2.35. The molecule has 0 amide bonds. The minimum Gasteiger partial charge on any atom is -0.486 e. The van der Waals surface area contributed by atoms with Gasteiger partial charge in [-0.2, -0.15) is 0 Å². The quantitative estimate of drug-likeness (QED) is 0.491. The molecule has 0 unspecified atom stereocenters. The van der Waals surface area contributed by atoms with Crippen molar-refractivity contribution in [1.29, 1.82) is 0 Å². The van der Waals surface area contributed by atoms with Crippen LogP contribution in [0.4, 0.5) is 0 Å². The van der Waals surface area contributed by atoms with Gasteiger partial charge in [0.1, 0.15) is 23.9 Å². The van der Waals surface area contributed by atoms with E-state index in [2.05, 4.69) is 22.0 Å². The molecular weight excluding hydrogens is 422 g/mol. The van der Waals surface area contributed by atoms with Gasteiger partial charge in [0, 0.05) is 17.0 Å². The summed E-state index contributed by atoms with van der Waals surface area (Å²) in [6.45, 7) is 2.77. The summed E-state index contributed by atoms with van der Waals surface area (Å²) in [5.41, 5.74) is 3.14. The molecule has 2 aliphatic rings. The Morgan fingerprint density at radius 3 is 2.81 bits per heavy atom. The average Bonchev–Trinajstić information content (AvgIpc) is 3.47. The highest BCUT2D eigenvalue weighted by Gasteiger charge is 2.28. The van der Waals surface area contributed by atoms with Crippen molar-refractivity contribution in [3.8, 4) is 22.6 Å². The molecule has 0 bridgehead atoms. The highest BCUT2D eigenvalue weighted by molar-refractivity contribution is 7.17. The Labute approximate surface area is 189 Å². The van der Waals surface area contributed by atoms with Crippen LogP contribution < -0.4 is 15.0 Å². The van der Waals surface area contributed by atoms with E-state index >= 15 is 0 Å². The minimum atomic E-state index is -0.0693. The van der Waals surface area contributed by atoms with Crippen molar-refractivity contribution in [2.24, 2.45) is 0 Å². The first-order chi connectivity index (χ1) is 15.8. The van der Waals surface area contributed by atoms with Crippen molar-refractivity contribution in [3.05, 3.63) is 75.7 Å². The normalized spacial score (nSPS) is 18.3. The monoisotopic (exact) mass is 445 g/mol. The third-order valence-corrected chi connectivity index (χ3v) is 7.12. The van der Waals surface area contributed by atoms with E-state index < -0.39 is 0 Å². The number of thiophene rings is 1. The van der Waals surface area contributed by atoms with Gasteiger partial charge in [-0.1, -0.05) is 36.4 Å². The number of fused-ring (bicyclic) bond motifs is 2. The molecule has 2 aliphatic heterocycles. The Hall–Kier alpha value is -3.16. The van der Waals surface area contributed by atoms with Gasteiger partial charge in [0.25, 0.3) is 5.56 Å². The van der Waals surface area contributed by atoms with E-state index in [-0.39, 0.29) is 11.6 Å². The van der Waals surface area contributed by atoms with Crippen LogP contribution in [-0.2, 0) is 6.54 Å². The summed E-state index contributed by atoms with van der Waals surface area (Å²) in [5, 5.41) is 2.70. The summed E-state index contributed by atoms with van der Waals surface area (Å²) in [4.78, 5) is 24.1. The lowest BCUT2D eigenvalue weighted by Crippen LogP contribution is -2.26. The second-order valence-corrected chi connectivity index (χ2v) is 9.10. The SMILES string of the molecule is O=c1[nH]c(CN2CCC[C@@H]2c2ccc3c(c2)OCCO3)nc2scc(-c3ccccc3)c12. The van der Waals surface area contributed by atoms with Crippen molar-refractivity contribution < 1.29 is 9.47 Å². The number of hydrogen-bond acceptors (Lipinski definition) is 6. The van der Waals surface area contributed by atoms with Gasteiger partial charge < -0.3 is 14.5 Å². The smallest absolute Gasteiger partial charge is 0.260 e. The predicted molar refractivity (Wildman–Crippen MR) is 125 cm³/mol. The third kappa shape index (κ3) is 3.47. The molecule has 6 rings (SSSR count). The average molecular weight is 446 g/mol. The van der Waals surface area contributed by atoms with Crippen molar-refractivity contribution in [3.63, 3.8) is 0 Å². The number of benzene rings is 2. The molecule has 0 saturated carbocycles. The van der Waals surface area contributed by atoms with Crippen LogP contribution in [0.1, 0.15) is 30.3 Å². The largest absolute Gasteiger partial charge is 0.486 e. The van der Waals surface area contributed by atoms with E-state index in [4.69, 9.17) is 14.5 Å². The van der Waals surface area contributed by atoms with Crippen molar-refractivity contribution >= 4 is 21.6 Å². The van der Waals surface area contributed by atoms with Crippen LogP contribution >= 0.6 is 11.3 Å². The van der Waals surface area contributed by atoms with E-state index in [0.717, 1.165) is 46.8 Å². The highest BCUT2D eigenvalue weighted by atomic mass is 32.1. The van der Waals surface area contributed by atoms with Crippen LogP contribution in [0.25, 0.3) is 21.3 Å². The number of rotatable bonds is 4. The second-order valence-electron chi connectivity index (χ2n) is 8.24. The topological polar surface area (TPSA) is 67.5 Å². The lowest BCUT2D eigenvalue weighted by molar-refractivity contribution is 0.170. The number of likely N-dealkylation sites (tertiary alicyclic amines) is 1. The Morgan fingerprint density at radius 2 is 1.94 bits per heavy atom. The van der Waals surface area contributed by atoms with E-state index in [9.17, 15) is 4.79 Å². The molecule has 1 N–H and O–H groups in total. The van der Waals surface area contributed by atoms with E-state index in [0.29, 0.717) is 31.0 Å². The molecule has 0 radical (unpaired) electrons. The Balaban J connectivity index is 1.29. The molecule has 1 fully saturated rings. The zero-order valence-corrected chi connectivity index (χ0v) is 18.4. The van der Waals surface area contributed by atoms with Gasteiger partial charge in [-0.25, -0.2) is 4.98 Å². The molecule has 32 heavy (non-hydrogen) atoms. The maximum absolute atomic E-state index is 13.0. The molecule has 1 saturated heterocycles. The van der Waals surface area contributed by atoms with Crippen molar-refractivity contribution in [2.75, 3.05) is 19.8 Å². The maximum atomic E-state index is 13.0. The summed E-state index contributed by atoms with van der Waals surface area (Å²) >= 11 is 1.53. The second kappa shape index (κ2) is 8.07. The zero-order chi connectivity index (χ0) is 21.5. The standard InChI is InChI=1S/C25H23N3O3S/c29-24-23-18(16-5-2-1-3-6-16)15-32-25(23)27-22(26-24)14-28-10-4-7-19(28)17-8-9-20-21(13-17)31-12-11-30-20/h1-3,5-6,8-9,13,15,19H,4,7,10-12,14H2,(H,26,27,29)/t19-/m1/s1. The van der Waals surface area contributed by atoms with Gasteiger partial charge in [0.15, 0.2) is 11.5 Å². The fourth-order valence-corrected chi connectivity index (χ4v) is 5.72. The molecule has 4 heterocycles. The molecule has 4 aromatic rings. The van der Waals surface area contributed by atoms with E-state index in [1.165, 1.54) is 16.9 Å². The Kier molecular flexibility index (Phi) is 4.92. The van der Waals surface area contributed by atoms with Crippen LogP contribution in [0, 0.1) is 0 Å². The summed E-state index contributed by atoms with van der Waals surface area (Å²) in [6, 6.07) is 16.5. The van der Waals surface area contributed by atoms with Crippen LogP contribution in [0.5, 0.6) is 11.5 Å². The molecule has 2 aromatic carbocycles. The lowest BCUT2D eigenvalue weighted by Gasteiger charge is -2.26. The number of ether oxygens (including phenoxy) is 2. The van der Waals surface area contributed by atoms with Gasteiger partial charge in [0.2, 0.25) is 0 Å². The molecule has 1 atom stereocenters. The molecule has 6 nitrogen and oxygen atoms in total. The minimum absolute atomic E-state index is 0.0693. The number of aromatic nitrogens is 2. The third-order valence-electron chi connectivity index (χ3n) is 6.25.